The molecule has 0 aliphatic carbocycles. The van der Waals surface area contributed by atoms with Gasteiger partial charge in [-0.3, -0.25) is 0 Å². The zero-order chi connectivity index (χ0) is 19.4. The fraction of sp³-hybridized carbons (Fsp3) is 0.190. The summed E-state index contributed by atoms with van der Waals surface area (Å²) in [5, 5.41) is 13.9. The number of aromatic carboxylic acids is 1. The van der Waals surface area contributed by atoms with Crippen LogP contribution < -0.4 is 17.7 Å². The van der Waals surface area contributed by atoms with Gasteiger partial charge >= 0.3 is 5.97 Å². The van der Waals surface area contributed by atoms with Crippen LogP contribution in [0.5, 0.6) is 0 Å². The zero-order valence-corrected chi connectivity index (χ0v) is 17.4. The zero-order valence-electron chi connectivity index (χ0n) is 15.1. The normalized spacial score (nSPS) is 10.5. The Morgan fingerprint density at radius 3 is 2.64 bits per heavy atom. The molecule has 1 heterocycles. The summed E-state index contributed by atoms with van der Waals surface area (Å²) in [4.78, 5) is 11.3. The molecular weight excluding hydrogens is 421 g/mol. The van der Waals surface area contributed by atoms with Crippen LogP contribution in [0.2, 0.25) is 10.0 Å². The molecule has 0 spiro atoms. The highest BCUT2D eigenvalue weighted by molar-refractivity contribution is 6.35. The number of rotatable bonds is 7. The minimum Gasteiger partial charge on any atom is -1.00 e. The maximum Gasteiger partial charge on any atom is 0.335 e. The average molecular weight is 440 g/mol. The maximum absolute atomic E-state index is 11.3. The Labute approximate surface area is 179 Å². The van der Waals surface area contributed by atoms with Gasteiger partial charge in [0.15, 0.2) is 0 Å². The molecule has 2 N–H and O–H groups in total. The van der Waals surface area contributed by atoms with E-state index in [1.54, 1.807) is 25.1 Å². The van der Waals surface area contributed by atoms with Crippen LogP contribution in [-0.4, -0.2) is 17.6 Å². The number of hydrogen-bond acceptors (Lipinski definition) is 3. The third-order valence-electron chi connectivity index (χ3n) is 4.38. The molecule has 0 amide bonds. The molecule has 0 saturated carbocycles. The number of halogens is 3. The van der Waals surface area contributed by atoms with Gasteiger partial charge in [0, 0.05) is 15.6 Å². The summed E-state index contributed by atoms with van der Waals surface area (Å²) in [6.45, 7) is 3.10. The molecule has 28 heavy (non-hydrogen) atoms. The van der Waals surface area contributed by atoms with E-state index in [0.717, 1.165) is 29.9 Å². The summed E-state index contributed by atoms with van der Waals surface area (Å²) < 4.78 is 5.88. The Balaban J connectivity index is 0.00000280. The minimum atomic E-state index is -0.941. The standard InChI is InChI=1S/C21H19Cl2NO3.ClH/c1-13-17(3-2-4-18(13)21(25)26)20-8-7-16(27-20)12-24-10-9-14-5-6-15(22)11-19(14)23;/h2-8,11,24H,9-10,12H2,1H3,(H,25,26);1H/p-1. The first-order chi connectivity index (χ1) is 13.0. The predicted molar refractivity (Wildman–Crippen MR) is 108 cm³/mol. The van der Waals surface area contributed by atoms with Gasteiger partial charge in [0.25, 0.3) is 0 Å². The van der Waals surface area contributed by atoms with Crippen LogP contribution in [0.4, 0.5) is 0 Å². The number of carboxylic acid groups (broad SMARTS) is 1. The second kappa shape index (κ2) is 9.99. The van der Waals surface area contributed by atoms with E-state index < -0.39 is 5.97 Å². The van der Waals surface area contributed by atoms with E-state index in [9.17, 15) is 9.90 Å². The number of carboxylic acids is 1. The van der Waals surface area contributed by atoms with E-state index in [1.165, 1.54) is 0 Å². The van der Waals surface area contributed by atoms with Crippen LogP contribution in [0.15, 0.2) is 52.9 Å². The topological polar surface area (TPSA) is 62.5 Å². The third kappa shape index (κ3) is 5.30. The molecule has 0 bridgehead atoms. The minimum absolute atomic E-state index is 0. The van der Waals surface area contributed by atoms with Crippen molar-refractivity contribution < 1.29 is 26.7 Å². The molecule has 0 aliphatic rings. The molecule has 148 valence electrons. The van der Waals surface area contributed by atoms with Gasteiger partial charge in [-0.25, -0.2) is 4.79 Å². The lowest BCUT2D eigenvalue weighted by molar-refractivity contribution is -0.0000215. The van der Waals surface area contributed by atoms with Crippen molar-refractivity contribution in [2.45, 2.75) is 19.9 Å². The molecule has 4 nitrogen and oxygen atoms in total. The Bertz CT molecular complexity index is 969. The lowest BCUT2D eigenvalue weighted by atomic mass is 10.0. The van der Waals surface area contributed by atoms with Crippen molar-refractivity contribution in [2.24, 2.45) is 0 Å². The van der Waals surface area contributed by atoms with Crippen molar-refractivity contribution in [1.82, 2.24) is 5.32 Å². The molecule has 0 atom stereocenters. The first-order valence-corrected chi connectivity index (χ1v) is 9.28. The number of furan rings is 1. The molecular formula is C21H19Cl3NO3-. The highest BCUT2D eigenvalue weighted by Crippen LogP contribution is 2.27. The Morgan fingerprint density at radius 2 is 1.93 bits per heavy atom. The summed E-state index contributed by atoms with van der Waals surface area (Å²) in [6.07, 6.45) is 0.781. The van der Waals surface area contributed by atoms with Crippen LogP contribution in [-0.2, 0) is 13.0 Å². The number of nitrogens with one attached hydrogen (secondary N) is 1. The maximum atomic E-state index is 11.3. The van der Waals surface area contributed by atoms with Gasteiger partial charge in [-0.2, -0.15) is 0 Å². The van der Waals surface area contributed by atoms with E-state index in [1.807, 2.05) is 30.3 Å². The van der Waals surface area contributed by atoms with Crippen LogP contribution in [0.1, 0.15) is 27.2 Å². The number of hydrogen-bond donors (Lipinski definition) is 2. The third-order valence-corrected chi connectivity index (χ3v) is 4.96. The highest BCUT2D eigenvalue weighted by atomic mass is 35.5. The largest absolute Gasteiger partial charge is 1.00 e. The quantitative estimate of drug-likeness (QED) is 0.556. The average Bonchev–Trinajstić information content (AvgIpc) is 3.09. The van der Waals surface area contributed by atoms with E-state index in [4.69, 9.17) is 27.6 Å². The SMILES string of the molecule is Cc1c(C(=O)O)cccc1-c1ccc(CNCCc2ccc(Cl)cc2Cl)o1.[Cl-]. The van der Waals surface area contributed by atoms with Gasteiger partial charge in [-0.1, -0.05) is 41.4 Å². The summed E-state index contributed by atoms with van der Waals surface area (Å²) >= 11 is 12.1. The van der Waals surface area contributed by atoms with E-state index in [-0.39, 0.29) is 18.0 Å². The molecule has 0 unspecified atom stereocenters. The number of carbonyl (C=O) groups is 1. The molecule has 3 aromatic rings. The smallest absolute Gasteiger partial charge is 0.335 e. The Morgan fingerprint density at radius 1 is 1.14 bits per heavy atom. The fourth-order valence-electron chi connectivity index (χ4n) is 2.91. The first-order valence-electron chi connectivity index (χ1n) is 8.52. The molecule has 1 aromatic heterocycles. The Kier molecular flexibility index (Phi) is 7.96. The molecule has 0 radical (unpaired) electrons. The van der Waals surface area contributed by atoms with Crippen molar-refractivity contribution >= 4 is 29.2 Å². The summed E-state index contributed by atoms with van der Waals surface area (Å²) in [5.41, 5.74) is 2.79. The molecule has 2 aromatic carbocycles. The van der Waals surface area contributed by atoms with Gasteiger partial charge in [-0.05, 0) is 61.3 Å². The first kappa shape index (κ1) is 22.3. The van der Waals surface area contributed by atoms with Crippen molar-refractivity contribution in [3.05, 3.63) is 81.0 Å². The van der Waals surface area contributed by atoms with Crippen molar-refractivity contribution in [2.75, 3.05) is 6.54 Å². The van der Waals surface area contributed by atoms with E-state index in [0.29, 0.717) is 27.9 Å². The number of benzene rings is 2. The van der Waals surface area contributed by atoms with Gasteiger partial charge < -0.3 is 27.2 Å². The van der Waals surface area contributed by atoms with Gasteiger partial charge in [0.05, 0.1) is 12.1 Å². The van der Waals surface area contributed by atoms with Crippen LogP contribution in [0, 0.1) is 6.92 Å². The van der Waals surface area contributed by atoms with Crippen LogP contribution >= 0.6 is 23.2 Å². The van der Waals surface area contributed by atoms with Crippen molar-refractivity contribution in [1.29, 1.82) is 0 Å². The van der Waals surface area contributed by atoms with Crippen LogP contribution in [0.3, 0.4) is 0 Å². The van der Waals surface area contributed by atoms with Gasteiger partial charge in [0.1, 0.15) is 11.5 Å². The molecule has 7 heteroatoms. The van der Waals surface area contributed by atoms with Crippen LogP contribution in [0.25, 0.3) is 11.3 Å². The molecule has 3 rings (SSSR count). The van der Waals surface area contributed by atoms with Crippen molar-refractivity contribution in [3.8, 4) is 11.3 Å². The lowest BCUT2D eigenvalue weighted by Gasteiger charge is -2.07. The monoisotopic (exact) mass is 438 g/mol. The fourth-order valence-corrected chi connectivity index (χ4v) is 3.41. The van der Waals surface area contributed by atoms with Gasteiger partial charge in [-0.15, -0.1) is 0 Å². The highest BCUT2D eigenvalue weighted by Gasteiger charge is 2.13. The Hall–Kier alpha value is -1.98. The summed E-state index contributed by atoms with van der Waals surface area (Å²) in [5.74, 6) is 0.504. The van der Waals surface area contributed by atoms with E-state index in [2.05, 4.69) is 5.32 Å². The molecule has 0 fully saturated rings. The summed E-state index contributed by atoms with van der Waals surface area (Å²) in [6, 6.07) is 14.4. The molecule has 0 aliphatic heterocycles. The van der Waals surface area contributed by atoms with Gasteiger partial charge in [0.2, 0.25) is 0 Å². The molecule has 0 saturated heterocycles. The lowest BCUT2D eigenvalue weighted by Crippen LogP contribution is -3.00. The second-order valence-electron chi connectivity index (χ2n) is 6.21. The predicted octanol–water partition coefficient (Wildman–Crippen LogP) is 2.60. The summed E-state index contributed by atoms with van der Waals surface area (Å²) in [7, 11) is 0. The van der Waals surface area contributed by atoms with Crippen molar-refractivity contribution in [3.63, 3.8) is 0 Å². The second-order valence-corrected chi connectivity index (χ2v) is 7.06. The van der Waals surface area contributed by atoms with E-state index >= 15 is 0 Å².